The van der Waals surface area contributed by atoms with Gasteiger partial charge in [-0.1, -0.05) is 47.5 Å². The molecule has 0 spiro atoms. The zero-order valence-corrected chi connectivity index (χ0v) is 39.3. The molecule has 2 fully saturated rings. The Labute approximate surface area is 315 Å². The van der Waals surface area contributed by atoms with Gasteiger partial charge in [0.1, 0.15) is 11.2 Å². The van der Waals surface area contributed by atoms with E-state index in [4.69, 9.17) is 21.1 Å². The Morgan fingerprint density at radius 1 is 0.511 bits per heavy atom. The summed E-state index contributed by atoms with van der Waals surface area (Å²) in [6.07, 6.45) is 20.2. The van der Waals surface area contributed by atoms with E-state index in [0.29, 0.717) is 0 Å². The molecule has 4 nitrogen and oxygen atoms in total. The van der Waals surface area contributed by atoms with Gasteiger partial charge >= 0.3 is 0 Å². The summed E-state index contributed by atoms with van der Waals surface area (Å²) in [5.74, 6) is 4.87. The SMILES string of the molecule is C#CC1(O)CCCCC1.C#CC1(O)CCCCC1.C=C[Si](C)(C)O[Si](C)(C)C=C.C=C[Si](C)(C)O[Si](C)(C)C=C.[CH3-].[CH3-].[CH3-].[Pt].[Pt]. The van der Waals surface area contributed by atoms with Crippen LogP contribution in [-0.4, -0.2) is 54.7 Å². The van der Waals surface area contributed by atoms with Crippen molar-refractivity contribution in [1.29, 1.82) is 0 Å². The molecule has 10 heteroatoms. The summed E-state index contributed by atoms with van der Waals surface area (Å²) in [6.45, 7) is 32.3. The minimum absolute atomic E-state index is 0. The van der Waals surface area contributed by atoms with E-state index in [1.54, 1.807) is 0 Å². The van der Waals surface area contributed by atoms with E-state index in [9.17, 15) is 10.2 Å². The summed E-state index contributed by atoms with van der Waals surface area (Å²) in [4.78, 5) is 0. The maximum absolute atomic E-state index is 9.44. The Morgan fingerprint density at radius 2 is 0.689 bits per heavy atom. The van der Waals surface area contributed by atoms with Crippen molar-refractivity contribution in [2.24, 2.45) is 0 Å². The van der Waals surface area contributed by atoms with Crippen LogP contribution in [0.5, 0.6) is 0 Å². The predicted octanol–water partition coefficient (Wildman–Crippen LogP) is 9.70. The smallest absolute Gasteiger partial charge is 0.198 e. The van der Waals surface area contributed by atoms with Crippen LogP contribution in [0.15, 0.2) is 49.1 Å². The number of terminal acetylenes is 2. The van der Waals surface area contributed by atoms with Crippen molar-refractivity contribution in [3.8, 4) is 24.7 Å². The van der Waals surface area contributed by atoms with Gasteiger partial charge < -0.3 is 40.7 Å². The maximum Gasteiger partial charge on any atom is 0.198 e. The molecule has 0 amide bonds. The first-order valence-corrected chi connectivity index (χ1v) is 26.5. The molecule has 0 aromatic heterocycles. The van der Waals surface area contributed by atoms with E-state index < -0.39 is 44.5 Å². The topological polar surface area (TPSA) is 58.9 Å². The number of hydrogen-bond acceptors (Lipinski definition) is 4. The molecule has 0 radical (unpaired) electrons. The molecule has 0 bridgehead atoms. The summed E-state index contributed by atoms with van der Waals surface area (Å²) in [6, 6.07) is 0. The van der Waals surface area contributed by atoms with Crippen molar-refractivity contribution >= 4 is 33.3 Å². The quantitative estimate of drug-likeness (QED) is 0.145. The minimum atomic E-state index is -1.58. The van der Waals surface area contributed by atoms with Crippen LogP contribution < -0.4 is 0 Å². The average molecular weight is 1060 g/mol. The third kappa shape index (κ3) is 31.2. The van der Waals surface area contributed by atoms with Gasteiger partial charge in [0.2, 0.25) is 0 Å². The standard InChI is InChI=1S/2C8H18OSi2.2C8H12O.3CH3.2Pt/c2*1-7-10(3,4)9-11(5,6)8-2;2*1-2-8(9)6-4-3-5-7-8;;;;;/h2*7-8H,1-2H2,3-6H3;2*1,9H,3-7H2;3*1H3;;/q;;;;3*-1;;. The Balaban J connectivity index is -0.0000000827. The van der Waals surface area contributed by atoms with Crippen LogP contribution >= 0.6 is 0 Å². The Morgan fingerprint density at radius 3 is 0.800 bits per heavy atom. The fourth-order valence-corrected chi connectivity index (χ4v) is 16.3. The van der Waals surface area contributed by atoms with Gasteiger partial charge in [0.15, 0.2) is 33.3 Å². The molecule has 0 heterocycles. The van der Waals surface area contributed by atoms with Crippen LogP contribution in [0.2, 0.25) is 52.4 Å². The van der Waals surface area contributed by atoms with E-state index >= 15 is 0 Å². The summed E-state index contributed by atoms with van der Waals surface area (Å²) in [5, 5.41) is 18.9. The first-order chi connectivity index (χ1) is 18.2. The van der Waals surface area contributed by atoms with Crippen molar-refractivity contribution < 1.29 is 60.6 Å². The van der Waals surface area contributed by atoms with Gasteiger partial charge in [0, 0.05) is 42.1 Å². The summed E-state index contributed by atoms with van der Waals surface area (Å²) in [7, 11) is -6.32. The van der Waals surface area contributed by atoms with Crippen molar-refractivity contribution in [2.75, 3.05) is 0 Å². The molecule has 45 heavy (non-hydrogen) atoms. The van der Waals surface area contributed by atoms with E-state index in [1.807, 2.05) is 22.8 Å². The second-order valence-corrected chi connectivity index (χ2v) is 29.0. The average Bonchev–Trinajstić information content (AvgIpc) is 2.90. The maximum atomic E-state index is 9.44. The van der Waals surface area contributed by atoms with Crippen LogP contribution in [0.1, 0.15) is 64.2 Å². The first-order valence-electron chi connectivity index (χ1n) is 14.5. The van der Waals surface area contributed by atoms with Gasteiger partial charge in [-0.15, -0.1) is 39.2 Å². The van der Waals surface area contributed by atoms with Gasteiger partial charge in [0.05, 0.1) is 0 Å². The summed E-state index contributed by atoms with van der Waals surface area (Å²) >= 11 is 0. The van der Waals surface area contributed by atoms with Gasteiger partial charge in [-0.2, -0.15) is 0 Å². The normalized spacial score (nSPS) is 16.2. The molecule has 0 aromatic carbocycles. The molecule has 272 valence electrons. The van der Waals surface area contributed by atoms with Crippen LogP contribution in [0, 0.1) is 47.0 Å². The summed E-state index contributed by atoms with van der Waals surface area (Å²) < 4.78 is 11.9. The van der Waals surface area contributed by atoms with Crippen molar-refractivity contribution in [3.05, 3.63) is 71.4 Å². The zero-order chi connectivity index (χ0) is 31.7. The second-order valence-electron chi connectivity index (χ2n) is 12.9. The second kappa shape index (κ2) is 28.0. The summed E-state index contributed by atoms with van der Waals surface area (Å²) in [5.41, 5.74) is 6.35. The fraction of sp³-hybridized carbons (Fsp3) is 0.571. The minimum Gasteiger partial charge on any atom is -0.449 e. The molecule has 0 aromatic rings. The molecule has 0 unspecified atom stereocenters. The Bertz CT molecular complexity index is 771. The number of rotatable bonds is 8. The number of aliphatic hydroxyl groups is 2. The molecule has 2 saturated carbocycles. The molecule has 0 aliphatic heterocycles. The molecule has 2 aliphatic rings. The van der Waals surface area contributed by atoms with E-state index in [2.05, 4.69) is 90.5 Å². The van der Waals surface area contributed by atoms with Gasteiger partial charge in [-0.3, -0.25) is 0 Å². The van der Waals surface area contributed by atoms with Gasteiger partial charge in [-0.25, -0.2) is 0 Å². The van der Waals surface area contributed by atoms with E-state index in [1.165, 1.54) is 12.8 Å². The largest absolute Gasteiger partial charge is 0.449 e. The zero-order valence-electron chi connectivity index (χ0n) is 30.7. The van der Waals surface area contributed by atoms with E-state index in [0.717, 1.165) is 51.4 Å². The van der Waals surface area contributed by atoms with Gasteiger partial charge in [0.25, 0.3) is 0 Å². The van der Waals surface area contributed by atoms with Gasteiger partial charge in [-0.05, 0) is 104 Å². The Hall–Kier alpha value is 0.164. The van der Waals surface area contributed by atoms with Crippen molar-refractivity contribution in [3.63, 3.8) is 0 Å². The monoisotopic (exact) mass is 1060 g/mol. The van der Waals surface area contributed by atoms with Crippen LogP contribution in [0.25, 0.3) is 0 Å². The predicted molar refractivity (Wildman–Crippen MR) is 206 cm³/mol. The Kier molecular flexibility index (Phi) is 37.7. The van der Waals surface area contributed by atoms with Crippen molar-refractivity contribution in [2.45, 2.75) is 128 Å². The van der Waals surface area contributed by atoms with E-state index in [-0.39, 0.29) is 64.4 Å². The van der Waals surface area contributed by atoms with Crippen LogP contribution in [0.4, 0.5) is 0 Å². The molecule has 0 saturated heterocycles. The van der Waals surface area contributed by atoms with Crippen LogP contribution in [-0.2, 0) is 50.4 Å². The molecule has 2 rings (SSSR count). The third-order valence-electron chi connectivity index (χ3n) is 6.92. The molecule has 0 atom stereocenters. The molecule has 2 N–H and O–H groups in total. The fourth-order valence-electron chi connectivity index (χ4n) is 4.08. The molecular formula is C35H69O4Pt2Si4-3. The first kappa shape index (κ1) is 60.5. The molecule has 2 aliphatic carbocycles. The van der Waals surface area contributed by atoms with Crippen LogP contribution in [0.3, 0.4) is 0 Å². The third-order valence-corrected chi connectivity index (χ3v) is 19.3. The number of hydrogen-bond donors (Lipinski definition) is 2. The van der Waals surface area contributed by atoms with Crippen molar-refractivity contribution in [1.82, 2.24) is 0 Å². The molecular weight excluding hydrogens is 987 g/mol.